The summed E-state index contributed by atoms with van der Waals surface area (Å²) in [7, 11) is 0. The van der Waals surface area contributed by atoms with Crippen molar-refractivity contribution in [1.29, 1.82) is 0 Å². The van der Waals surface area contributed by atoms with Gasteiger partial charge in [-0.05, 0) is 24.3 Å². The lowest BCUT2D eigenvalue weighted by atomic mass is 10.1. The van der Waals surface area contributed by atoms with Gasteiger partial charge in [-0.3, -0.25) is 9.59 Å². The van der Waals surface area contributed by atoms with Gasteiger partial charge in [0.2, 0.25) is 5.91 Å². The highest BCUT2D eigenvalue weighted by Crippen LogP contribution is 2.29. The van der Waals surface area contributed by atoms with E-state index < -0.39 is 6.04 Å². The molecule has 3 rings (SSSR count). The van der Waals surface area contributed by atoms with Crippen LogP contribution in [0.15, 0.2) is 28.3 Å². The fourth-order valence-corrected chi connectivity index (χ4v) is 3.66. The minimum atomic E-state index is -0.488. The summed E-state index contributed by atoms with van der Waals surface area (Å²) in [5, 5.41) is 1.92. The first kappa shape index (κ1) is 16.7. The number of carbonyl (C=O) groups is 2. The zero-order valence-corrected chi connectivity index (χ0v) is 14.9. The van der Waals surface area contributed by atoms with Crippen LogP contribution in [0.25, 0.3) is 10.6 Å². The Morgan fingerprint density at radius 3 is 2.92 bits per heavy atom. The predicted octanol–water partition coefficient (Wildman–Crippen LogP) is 2.73. The molecule has 0 spiro atoms. The predicted molar refractivity (Wildman–Crippen MR) is 91.7 cm³/mol. The smallest absolute Gasteiger partial charge is 0.277 e. The number of aromatic nitrogens is 1. The van der Waals surface area contributed by atoms with Gasteiger partial charge in [0, 0.05) is 19.6 Å². The number of carbonyl (C=O) groups excluding carboxylic acids is 2. The molecule has 0 unspecified atom stereocenters. The molecule has 0 saturated carbocycles. The topological polar surface area (TPSA) is 66.7 Å². The van der Waals surface area contributed by atoms with Gasteiger partial charge >= 0.3 is 0 Å². The number of hydrogen-bond acceptors (Lipinski definition) is 5. The summed E-state index contributed by atoms with van der Waals surface area (Å²) < 4.78 is 5.41. The summed E-state index contributed by atoms with van der Waals surface area (Å²) in [4.78, 5) is 33.8. The van der Waals surface area contributed by atoms with Crippen LogP contribution in [0.5, 0.6) is 0 Å². The first-order valence-electron chi connectivity index (χ1n) is 8.06. The molecule has 0 radical (unpaired) electrons. The number of amides is 2. The van der Waals surface area contributed by atoms with E-state index in [1.54, 1.807) is 11.8 Å². The Bertz CT molecular complexity index is 723. The number of nitrogens with zero attached hydrogens (tertiary/aromatic N) is 3. The molecule has 7 heteroatoms. The molecule has 2 aromatic heterocycles. The van der Waals surface area contributed by atoms with Gasteiger partial charge in [-0.2, -0.15) is 0 Å². The molecule has 0 aromatic carbocycles. The summed E-state index contributed by atoms with van der Waals surface area (Å²) in [6.07, 6.45) is 1.28. The van der Waals surface area contributed by atoms with E-state index in [1.807, 2.05) is 22.4 Å². The van der Waals surface area contributed by atoms with E-state index in [-0.39, 0.29) is 17.5 Å². The number of hydrogen-bond donors (Lipinski definition) is 0. The normalized spacial score (nSPS) is 18.5. The first-order valence-corrected chi connectivity index (χ1v) is 8.94. The molecule has 2 aromatic rings. The Labute approximate surface area is 145 Å². The van der Waals surface area contributed by atoms with Crippen LogP contribution in [0, 0.1) is 5.92 Å². The van der Waals surface area contributed by atoms with E-state index in [0.717, 1.165) is 11.4 Å². The fraction of sp³-hybridized carbons (Fsp3) is 0.471. The minimum absolute atomic E-state index is 0.00975. The zero-order chi connectivity index (χ0) is 17.3. The van der Waals surface area contributed by atoms with Crippen LogP contribution in [-0.2, 0) is 4.79 Å². The second-order valence-corrected chi connectivity index (χ2v) is 7.31. The van der Waals surface area contributed by atoms with Crippen molar-refractivity contribution < 1.29 is 14.0 Å². The lowest BCUT2D eigenvalue weighted by molar-refractivity contribution is -0.140. The van der Waals surface area contributed by atoms with Gasteiger partial charge in [-0.25, -0.2) is 4.98 Å². The molecule has 1 aliphatic rings. The van der Waals surface area contributed by atoms with E-state index >= 15 is 0 Å². The van der Waals surface area contributed by atoms with Crippen LogP contribution in [-0.4, -0.2) is 52.3 Å². The standard InChI is InChI=1S/C17H21N3O3S/c1-11(2)9-19-6-7-20(12(3)16(19)21)17(22)14-15(23-10-18-14)13-5-4-8-24-13/h4-5,8,10-12H,6-7,9H2,1-3H3/t12-/m0/s1. The summed E-state index contributed by atoms with van der Waals surface area (Å²) >= 11 is 1.49. The van der Waals surface area contributed by atoms with E-state index in [0.29, 0.717) is 24.8 Å². The highest BCUT2D eigenvalue weighted by atomic mass is 32.1. The van der Waals surface area contributed by atoms with Gasteiger partial charge < -0.3 is 14.2 Å². The molecule has 1 atom stereocenters. The molecule has 1 fully saturated rings. The quantitative estimate of drug-likeness (QED) is 0.853. The minimum Gasteiger partial charge on any atom is -0.442 e. The van der Waals surface area contributed by atoms with Crippen LogP contribution >= 0.6 is 11.3 Å². The van der Waals surface area contributed by atoms with Crippen molar-refractivity contribution in [2.24, 2.45) is 5.92 Å². The summed E-state index contributed by atoms with van der Waals surface area (Å²) in [6.45, 7) is 7.72. The van der Waals surface area contributed by atoms with E-state index in [9.17, 15) is 9.59 Å². The second-order valence-electron chi connectivity index (χ2n) is 6.36. The monoisotopic (exact) mass is 347 g/mol. The maximum atomic E-state index is 12.9. The largest absolute Gasteiger partial charge is 0.442 e. The Morgan fingerprint density at radius 2 is 2.25 bits per heavy atom. The summed E-state index contributed by atoms with van der Waals surface area (Å²) in [6, 6.07) is 3.29. The molecule has 6 nitrogen and oxygen atoms in total. The molecule has 0 N–H and O–H groups in total. The van der Waals surface area contributed by atoms with Gasteiger partial charge in [0.15, 0.2) is 17.8 Å². The van der Waals surface area contributed by atoms with Crippen molar-refractivity contribution in [1.82, 2.24) is 14.8 Å². The molecule has 1 aliphatic heterocycles. The maximum Gasteiger partial charge on any atom is 0.277 e. The zero-order valence-electron chi connectivity index (χ0n) is 14.1. The summed E-state index contributed by atoms with van der Waals surface area (Å²) in [5.41, 5.74) is 0.273. The van der Waals surface area contributed by atoms with Crippen LogP contribution < -0.4 is 0 Å². The van der Waals surface area contributed by atoms with Gasteiger partial charge in [-0.15, -0.1) is 11.3 Å². The summed E-state index contributed by atoms with van der Waals surface area (Å²) in [5.74, 6) is 0.616. The molecular formula is C17H21N3O3S. The van der Waals surface area contributed by atoms with Crippen LogP contribution in [0.4, 0.5) is 0 Å². The molecule has 0 bridgehead atoms. The number of rotatable bonds is 4. The van der Waals surface area contributed by atoms with Gasteiger partial charge in [-0.1, -0.05) is 19.9 Å². The first-order chi connectivity index (χ1) is 11.5. The third-order valence-corrected chi connectivity index (χ3v) is 4.98. The number of piperazine rings is 1. The lowest BCUT2D eigenvalue weighted by Gasteiger charge is -2.39. The Kier molecular flexibility index (Phi) is 4.71. The van der Waals surface area contributed by atoms with Crippen molar-refractivity contribution in [2.45, 2.75) is 26.8 Å². The van der Waals surface area contributed by atoms with Crippen molar-refractivity contribution in [2.75, 3.05) is 19.6 Å². The molecular weight excluding hydrogens is 326 g/mol. The molecule has 2 amide bonds. The maximum absolute atomic E-state index is 12.9. The molecule has 128 valence electrons. The molecule has 3 heterocycles. The van der Waals surface area contributed by atoms with Crippen LogP contribution in [0.3, 0.4) is 0 Å². The SMILES string of the molecule is CC(C)CN1CCN(C(=O)c2ncoc2-c2cccs2)[C@@H](C)C1=O. The Balaban J connectivity index is 1.80. The van der Waals surface area contributed by atoms with Crippen molar-refractivity contribution in [3.05, 3.63) is 29.6 Å². The average Bonchev–Trinajstić information content (AvgIpc) is 3.21. The Morgan fingerprint density at radius 1 is 1.46 bits per heavy atom. The second kappa shape index (κ2) is 6.76. The highest BCUT2D eigenvalue weighted by molar-refractivity contribution is 7.13. The number of oxazole rings is 1. The van der Waals surface area contributed by atoms with Crippen molar-refractivity contribution in [3.8, 4) is 10.6 Å². The van der Waals surface area contributed by atoms with Crippen LogP contribution in [0.2, 0.25) is 0 Å². The van der Waals surface area contributed by atoms with Gasteiger partial charge in [0.05, 0.1) is 4.88 Å². The third-order valence-electron chi connectivity index (χ3n) is 4.11. The number of thiophene rings is 1. The lowest BCUT2D eigenvalue weighted by Crippen LogP contribution is -2.58. The van der Waals surface area contributed by atoms with Gasteiger partial charge in [0.1, 0.15) is 6.04 Å². The average molecular weight is 347 g/mol. The van der Waals surface area contributed by atoms with E-state index in [2.05, 4.69) is 18.8 Å². The molecule has 0 aliphatic carbocycles. The van der Waals surface area contributed by atoms with Crippen molar-refractivity contribution >= 4 is 23.2 Å². The van der Waals surface area contributed by atoms with Crippen molar-refractivity contribution in [3.63, 3.8) is 0 Å². The van der Waals surface area contributed by atoms with E-state index in [4.69, 9.17) is 4.42 Å². The van der Waals surface area contributed by atoms with Gasteiger partial charge in [0.25, 0.3) is 5.91 Å². The third kappa shape index (κ3) is 3.08. The Hall–Kier alpha value is -2.15. The van der Waals surface area contributed by atoms with Crippen LogP contribution in [0.1, 0.15) is 31.3 Å². The highest BCUT2D eigenvalue weighted by Gasteiger charge is 2.36. The molecule has 1 saturated heterocycles. The molecule has 24 heavy (non-hydrogen) atoms. The fourth-order valence-electron chi connectivity index (χ4n) is 2.95. The van der Waals surface area contributed by atoms with E-state index in [1.165, 1.54) is 17.7 Å².